The van der Waals surface area contributed by atoms with Gasteiger partial charge in [0.1, 0.15) is 0 Å². The predicted octanol–water partition coefficient (Wildman–Crippen LogP) is 3.32. The van der Waals surface area contributed by atoms with Gasteiger partial charge in [0.25, 0.3) is 0 Å². The number of rotatable bonds is 13. The molecule has 0 aromatic carbocycles. The van der Waals surface area contributed by atoms with Crippen LogP contribution in [0.2, 0.25) is 0 Å². The van der Waals surface area contributed by atoms with Gasteiger partial charge in [-0.25, -0.2) is 0 Å². The Hall–Kier alpha value is -0.980. The molecule has 1 unspecified atom stereocenters. The van der Waals surface area contributed by atoms with E-state index >= 15 is 0 Å². The average molecular weight is 385 g/mol. The predicted molar refractivity (Wildman–Crippen MR) is 104 cm³/mol. The minimum Gasteiger partial charge on any atom is -0.481 e. The van der Waals surface area contributed by atoms with E-state index in [9.17, 15) is 9.00 Å². The number of ether oxygens (including phenoxy) is 2. The van der Waals surface area contributed by atoms with E-state index in [4.69, 9.17) is 14.6 Å². The van der Waals surface area contributed by atoms with Crippen LogP contribution in [-0.4, -0.2) is 52.2 Å². The van der Waals surface area contributed by atoms with E-state index in [0.717, 1.165) is 25.7 Å². The molecule has 2 bridgehead atoms. The number of hydrogen-bond donors (Lipinski definition) is 1. The molecule has 2 rings (SSSR count). The number of unbranched alkanes of at least 4 members (excludes halogenated alkanes) is 1. The third-order valence-electron chi connectivity index (χ3n) is 5.17. The van der Waals surface area contributed by atoms with Crippen LogP contribution in [0, 0.1) is 11.8 Å². The maximum atomic E-state index is 12.4. The van der Waals surface area contributed by atoms with E-state index in [0.29, 0.717) is 49.1 Å². The SMILES string of the molecule is CCOCC=CCS(=O)C[C@@H]1[C@@H](C/C=C\CCCC(=O)O)[C@H]2CC[C@@H]1O2. The van der Waals surface area contributed by atoms with Crippen molar-refractivity contribution in [1.82, 2.24) is 0 Å². The Morgan fingerprint density at radius 1 is 1.19 bits per heavy atom. The van der Waals surface area contributed by atoms with E-state index in [-0.39, 0.29) is 12.5 Å². The Balaban J connectivity index is 1.75. The normalized spacial score (nSPS) is 29.1. The van der Waals surface area contributed by atoms with Crippen LogP contribution < -0.4 is 0 Å². The van der Waals surface area contributed by atoms with Crippen molar-refractivity contribution in [3.63, 3.8) is 0 Å². The molecular formula is C20H32O5S. The smallest absolute Gasteiger partial charge is 0.303 e. The van der Waals surface area contributed by atoms with Crippen LogP contribution in [0.3, 0.4) is 0 Å². The molecule has 26 heavy (non-hydrogen) atoms. The highest BCUT2D eigenvalue weighted by atomic mass is 32.2. The largest absolute Gasteiger partial charge is 0.481 e. The molecular weight excluding hydrogens is 352 g/mol. The van der Waals surface area contributed by atoms with Crippen molar-refractivity contribution < 1.29 is 23.6 Å². The lowest BCUT2D eigenvalue weighted by Gasteiger charge is -2.26. The number of carbonyl (C=O) groups is 1. The topological polar surface area (TPSA) is 72.8 Å². The maximum Gasteiger partial charge on any atom is 0.303 e. The van der Waals surface area contributed by atoms with Gasteiger partial charge < -0.3 is 14.6 Å². The molecule has 1 N–H and O–H groups in total. The third kappa shape index (κ3) is 6.97. The van der Waals surface area contributed by atoms with Gasteiger partial charge in [0.2, 0.25) is 0 Å². The van der Waals surface area contributed by atoms with E-state index in [1.54, 1.807) is 0 Å². The fourth-order valence-electron chi connectivity index (χ4n) is 3.88. The molecule has 2 heterocycles. The molecule has 148 valence electrons. The summed E-state index contributed by atoms with van der Waals surface area (Å²) in [6.07, 6.45) is 13.6. The Morgan fingerprint density at radius 2 is 1.96 bits per heavy atom. The first-order valence-corrected chi connectivity index (χ1v) is 11.2. The Bertz CT molecular complexity index is 516. The summed E-state index contributed by atoms with van der Waals surface area (Å²) in [7, 11) is -0.865. The Morgan fingerprint density at radius 3 is 2.69 bits per heavy atom. The lowest BCUT2D eigenvalue weighted by atomic mass is 9.78. The Labute approximate surface area is 159 Å². The molecule has 0 saturated carbocycles. The van der Waals surface area contributed by atoms with Gasteiger partial charge in [-0.15, -0.1) is 0 Å². The van der Waals surface area contributed by atoms with Gasteiger partial charge in [-0.3, -0.25) is 9.00 Å². The van der Waals surface area contributed by atoms with Crippen molar-refractivity contribution in [3.8, 4) is 0 Å². The van der Waals surface area contributed by atoms with E-state index in [1.807, 2.05) is 19.1 Å². The molecule has 2 saturated heterocycles. The summed E-state index contributed by atoms with van der Waals surface area (Å²) in [5.41, 5.74) is 0. The van der Waals surface area contributed by atoms with E-state index in [2.05, 4.69) is 12.2 Å². The van der Waals surface area contributed by atoms with Crippen molar-refractivity contribution in [3.05, 3.63) is 24.3 Å². The number of aliphatic carboxylic acids is 1. The summed E-state index contributed by atoms with van der Waals surface area (Å²) in [6.45, 7) is 3.24. The molecule has 0 spiro atoms. The van der Waals surface area contributed by atoms with Gasteiger partial charge in [0.15, 0.2) is 0 Å². The van der Waals surface area contributed by atoms with Crippen LogP contribution in [0.25, 0.3) is 0 Å². The molecule has 0 amide bonds. The van der Waals surface area contributed by atoms with Crippen LogP contribution in [0.15, 0.2) is 24.3 Å². The zero-order chi connectivity index (χ0) is 18.8. The van der Waals surface area contributed by atoms with Crippen molar-refractivity contribution in [2.24, 2.45) is 11.8 Å². The first kappa shape index (κ1) is 21.3. The standard InChI is InChI=1S/C20H32O5S/c1-2-24-13-7-8-14-26(23)15-17-16(18-11-12-19(17)25-18)9-5-3-4-6-10-20(21)22/h3,5,7-8,16-19H,2,4,6,9-15H2,1H3,(H,21,22)/b5-3-,8-7?/t16-,17-,18-,19+,26?/m1/s1. The summed E-state index contributed by atoms with van der Waals surface area (Å²) in [6, 6.07) is 0. The number of allylic oxidation sites excluding steroid dienone is 2. The highest BCUT2D eigenvalue weighted by Crippen LogP contribution is 2.45. The number of fused-ring (bicyclic) bond motifs is 2. The minimum atomic E-state index is -0.865. The van der Waals surface area contributed by atoms with Gasteiger partial charge in [0.05, 0.1) is 18.8 Å². The molecule has 0 aliphatic carbocycles. The van der Waals surface area contributed by atoms with E-state index < -0.39 is 16.8 Å². The van der Waals surface area contributed by atoms with Crippen molar-refractivity contribution >= 4 is 16.8 Å². The molecule has 6 heteroatoms. The monoisotopic (exact) mass is 384 g/mol. The molecule has 0 aromatic rings. The lowest BCUT2D eigenvalue weighted by Crippen LogP contribution is -2.31. The summed E-state index contributed by atoms with van der Waals surface area (Å²) in [5.74, 6) is 1.37. The second-order valence-corrected chi connectivity index (χ2v) is 8.56. The van der Waals surface area contributed by atoms with Crippen LogP contribution >= 0.6 is 0 Å². The molecule has 5 nitrogen and oxygen atoms in total. The fraction of sp³-hybridized carbons (Fsp3) is 0.750. The van der Waals surface area contributed by atoms with Gasteiger partial charge in [-0.05, 0) is 44.9 Å². The summed E-state index contributed by atoms with van der Waals surface area (Å²) < 4.78 is 23.7. The Kier molecular flexibility index (Phi) is 9.57. The zero-order valence-corrected chi connectivity index (χ0v) is 16.5. The quantitative estimate of drug-likeness (QED) is 0.389. The molecule has 0 aromatic heterocycles. The maximum absolute atomic E-state index is 12.4. The second kappa shape index (κ2) is 11.7. The van der Waals surface area contributed by atoms with Crippen molar-refractivity contribution in [1.29, 1.82) is 0 Å². The minimum absolute atomic E-state index is 0.222. The molecule has 2 aliphatic heterocycles. The van der Waals surface area contributed by atoms with Gasteiger partial charge >= 0.3 is 5.97 Å². The average Bonchev–Trinajstić information content (AvgIpc) is 3.20. The second-order valence-electron chi connectivity index (χ2n) is 7.02. The van der Waals surface area contributed by atoms with Crippen molar-refractivity contribution in [2.45, 2.75) is 57.7 Å². The fourth-order valence-corrected chi connectivity index (χ4v) is 5.26. The van der Waals surface area contributed by atoms with Crippen LogP contribution in [0.4, 0.5) is 0 Å². The first-order chi connectivity index (χ1) is 12.6. The molecule has 5 atom stereocenters. The van der Waals surface area contributed by atoms with Crippen LogP contribution in [0.5, 0.6) is 0 Å². The highest BCUT2D eigenvalue weighted by Gasteiger charge is 2.48. The third-order valence-corrected chi connectivity index (χ3v) is 6.49. The van der Waals surface area contributed by atoms with Gasteiger partial charge in [-0.1, -0.05) is 24.3 Å². The van der Waals surface area contributed by atoms with Gasteiger partial charge in [-0.2, -0.15) is 0 Å². The number of hydrogen-bond acceptors (Lipinski definition) is 4. The van der Waals surface area contributed by atoms with E-state index in [1.165, 1.54) is 0 Å². The summed E-state index contributed by atoms with van der Waals surface area (Å²) in [4.78, 5) is 10.5. The lowest BCUT2D eigenvalue weighted by molar-refractivity contribution is -0.137. The molecule has 2 fully saturated rings. The number of carboxylic acids is 1. The molecule has 0 radical (unpaired) electrons. The zero-order valence-electron chi connectivity index (χ0n) is 15.7. The summed E-state index contributed by atoms with van der Waals surface area (Å²) in [5, 5.41) is 8.66. The van der Waals surface area contributed by atoms with Crippen LogP contribution in [-0.2, 0) is 25.1 Å². The van der Waals surface area contributed by atoms with Crippen LogP contribution in [0.1, 0.15) is 45.4 Å². The van der Waals surface area contributed by atoms with Gasteiger partial charge in [0, 0.05) is 41.3 Å². The summed E-state index contributed by atoms with van der Waals surface area (Å²) >= 11 is 0. The number of carboxylic acid groups (broad SMARTS) is 1. The highest BCUT2D eigenvalue weighted by molar-refractivity contribution is 7.85. The molecule has 2 aliphatic rings. The first-order valence-electron chi connectivity index (χ1n) is 9.71. The van der Waals surface area contributed by atoms with Crippen molar-refractivity contribution in [2.75, 3.05) is 24.7 Å².